The highest BCUT2D eigenvalue weighted by Crippen LogP contribution is 2.38. The zero-order valence-corrected chi connectivity index (χ0v) is 15.1. The van der Waals surface area contributed by atoms with Gasteiger partial charge in [0.1, 0.15) is 0 Å². The van der Waals surface area contributed by atoms with E-state index >= 15 is 0 Å². The van der Waals surface area contributed by atoms with Gasteiger partial charge in [0.15, 0.2) is 17.3 Å². The van der Waals surface area contributed by atoms with E-state index in [0.29, 0.717) is 23.8 Å². The van der Waals surface area contributed by atoms with E-state index in [4.69, 9.17) is 13.9 Å². The number of nitrogens with zero attached hydrogens (tertiary/aromatic N) is 1. The number of carbonyl (C=O) groups is 1. The van der Waals surface area contributed by atoms with Crippen molar-refractivity contribution in [2.24, 2.45) is 0 Å². The van der Waals surface area contributed by atoms with E-state index in [2.05, 4.69) is 13.8 Å². The number of carbonyl (C=O) groups excluding carboxylic acids is 1. The normalized spacial score (nSPS) is 15.2. The Bertz CT molecular complexity index is 725. The Kier molecular flexibility index (Phi) is 5.13. The second-order valence-electron chi connectivity index (χ2n) is 6.33. The maximum absolute atomic E-state index is 12.7. The molecule has 0 atom stereocenters. The number of furan rings is 1. The first-order valence-electron chi connectivity index (χ1n) is 7.55. The Morgan fingerprint density at radius 2 is 1.79 bits per heavy atom. The van der Waals surface area contributed by atoms with Crippen LogP contribution in [0.2, 0.25) is 0 Å². The topological polar surface area (TPSA) is 51.9 Å². The van der Waals surface area contributed by atoms with E-state index in [1.807, 2.05) is 17.0 Å². The lowest BCUT2D eigenvalue weighted by molar-refractivity contribution is 0.0455. The summed E-state index contributed by atoms with van der Waals surface area (Å²) in [6.07, 6.45) is 2.27. The lowest BCUT2D eigenvalue weighted by Crippen LogP contribution is -2.51. The molecule has 0 radical (unpaired) electrons. The van der Waals surface area contributed by atoms with Crippen LogP contribution in [-0.4, -0.2) is 30.6 Å². The minimum Gasteiger partial charge on any atom is -0.493 e. The van der Waals surface area contributed by atoms with Crippen LogP contribution >= 0.6 is 12.4 Å². The lowest BCUT2D eigenvalue weighted by atomic mass is 9.85. The number of benzene rings is 1. The SMILES string of the molecule is COc1cc2c(cc1OC)CC(C)(C)N(C(=O)c1ccco1)C2.Cl. The Balaban J connectivity index is 0.00000208. The van der Waals surface area contributed by atoms with Crippen molar-refractivity contribution in [3.63, 3.8) is 0 Å². The molecule has 0 aliphatic carbocycles. The molecule has 2 heterocycles. The first-order chi connectivity index (χ1) is 11.0. The number of rotatable bonds is 3. The standard InChI is InChI=1S/C18H21NO4.ClH/c1-18(2)10-12-8-15(21-3)16(22-4)9-13(12)11-19(18)17(20)14-6-5-7-23-14;/h5-9H,10-11H2,1-4H3;1H. The van der Waals surface area contributed by atoms with E-state index in [9.17, 15) is 4.79 Å². The van der Waals surface area contributed by atoms with Gasteiger partial charge in [-0.15, -0.1) is 12.4 Å². The molecule has 2 aromatic rings. The summed E-state index contributed by atoms with van der Waals surface area (Å²) in [4.78, 5) is 14.6. The Morgan fingerprint density at radius 3 is 2.33 bits per heavy atom. The predicted molar refractivity (Wildman–Crippen MR) is 93.2 cm³/mol. The first-order valence-corrected chi connectivity index (χ1v) is 7.55. The average molecular weight is 352 g/mol. The maximum Gasteiger partial charge on any atom is 0.290 e. The second kappa shape index (κ2) is 6.77. The van der Waals surface area contributed by atoms with Crippen LogP contribution in [0.3, 0.4) is 0 Å². The minimum atomic E-state index is -0.309. The Morgan fingerprint density at radius 1 is 1.17 bits per heavy atom. The van der Waals surface area contributed by atoms with Gasteiger partial charge in [0, 0.05) is 12.1 Å². The van der Waals surface area contributed by atoms with Crippen LogP contribution in [0, 0.1) is 0 Å². The van der Waals surface area contributed by atoms with Crippen molar-refractivity contribution in [1.29, 1.82) is 0 Å². The number of ether oxygens (including phenoxy) is 2. The minimum absolute atomic E-state index is 0. The van der Waals surface area contributed by atoms with Crippen LogP contribution < -0.4 is 9.47 Å². The molecule has 1 aliphatic heterocycles. The largest absolute Gasteiger partial charge is 0.493 e. The number of methoxy groups -OCH3 is 2. The Hall–Kier alpha value is -2.14. The lowest BCUT2D eigenvalue weighted by Gasteiger charge is -2.43. The summed E-state index contributed by atoms with van der Waals surface area (Å²) in [6.45, 7) is 4.64. The number of halogens is 1. The molecule has 0 unspecified atom stereocenters. The summed E-state index contributed by atoms with van der Waals surface area (Å²) < 4.78 is 16.0. The van der Waals surface area contributed by atoms with Crippen molar-refractivity contribution < 1.29 is 18.7 Å². The van der Waals surface area contributed by atoms with Gasteiger partial charge in [-0.3, -0.25) is 4.79 Å². The van der Waals surface area contributed by atoms with Gasteiger partial charge in [0.05, 0.1) is 20.5 Å². The molecular formula is C18H22ClNO4. The zero-order chi connectivity index (χ0) is 16.6. The monoisotopic (exact) mass is 351 g/mol. The van der Waals surface area contributed by atoms with Gasteiger partial charge < -0.3 is 18.8 Å². The molecule has 3 rings (SSSR count). The molecule has 1 aliphatic rings. The van der Waals surface area contributed by atoms with Crippen molar-refractivity contribution in [1.82, 2.24) is 4.90 Å². The van der Waals surface area contributed by atoms with Gasteiger partial charge in [0.2, 0.25) is 0 Å². The summed E-state index contributed by atoms with van der Waals surface area (Å²) in [5, 5.41) is 0. The third-order valence-corrected chi connectivity index (χ3v) is 4.37. The average Bonchev–Trinajstić information content (AvgIpc) is 3.06. The van der Waals surface area contributed by atoms with Gasteiger partial charge >= 0.3 is 0 Å². The molecule has 0 fully saturated rings. The van der Waals surface area contributed by atoms with Crippen molar-refractivity contribution in [2.75, 3.05) is 14.2 Å². The molecule has 0 spiro atoms. The fourth-order valence-electron chi connectivity index (χ4n) is 3.10. The van der Waals surface area contributed by atoms with Gasteiger partial charge in [0.25, 0.3) is 5.91 Å². The van der Waals surface area contributed by atoms with E-state index in [1.165, 1.54) is 11.8 Å². The summed E-state index contributed by atoms with van der Waals surface area (Å²) >= 11 is 0. The number of fused-ring (bicyclic) bond motifs is 1. The molecule has 0 bridgehead atoms. The molecule has 1 amide bonds. The number of hydrogen-bond donors (Lipinski definition) is 0. The molecule has 5 nitrogen and oxygen atoms in total. The predicted octanol–water partition coefficient (Wildman–Crippen LogP) is 3.70. The smallest absolute Gasteiger partial charge is 0.290 e. The van der Waals surface area contributed by atoms with Crippen LogP contribution in [-0.2, 0) is 13.0 Å². The second-order valence-corrected chi connectivity index (χ2v) is 6.33. The van der Waals surface area contributed by atoms with E-state index in [1.54, 1.807) is 26.4 Å². The van der Waals surface area contributed by atoms with Crippen molar-refractivity contribution in [2.45, 2.75) is 32.4 Å². The third-order valence-electron chi connectivity index (χ3n) is 4.37. The zero-order valence-electron chi connectivity index (χ0n) is 14.3. The molecule has 130 valence electrons. The molecule has 0 saturated carbocycles. The third kappa shape index (κ3) is 3.08. The van der Waals surface area contributed by atoms with E-state index in [0.717, 1.165) is 12.0 Å². The molecule has 1 aromatic heterocycles. The fourth-order valence-corrected chi connectivity index (χ4v) is 3.10. The molecule has 24 heavy (non-hydrogen) atoms. The van der Waals surface area contributed by atoms with Crippen molar-refractivity contribution in [3.05, 3.63) is 47.4 Å². The van der Waals surface area contributed by atoms with Gasteiger partial charge in [-0.2, -0.15) is 0 Å². The highest BCUT2D eigenvalue weighted by atomic mass is 35.5. The van der Waals surface area contributed by atoms with Gasteiger partial charge in [-0.25, -0.2) is 0 Å². The summed E-state index contributed by atoms with van der Waals surface area (Å²) in [5.41, 5.74) is 1.94. The summed E-state index contributed by atoms with van der Waals surface area (Å²) in [5.74, 6) is 1.66. The fraction of sp³-hybridized carbons (Fsp3) is 0.389. The summed E-state index contributed by atoms with van der Waals surface area (Å²) in [6, 6.07) is 7.38. The van der Waals surface area contributed by atoms with Crippen LogP contribution in [0.5, 0.6) is 11.5 Å². The number of amides is 1. The van der Waals surface area contributed by atoms with Crippen molar-refractivity contribution in [3.8, 4) is 11.5 Å². The van der Waals surface area contributed by atoms with Crippen molar-refractivity contribution >= 4 is 18.3 Å². The van der Waals surface area contributed by atoms with E-state index < -0.39 is 0 Å². The Labute approximate surface area is 147 Å². The number of hydrogen-bond acceptors (Lipinski definition) is 4. The molecule has 0 saturated heterocycles. The highest BCUT2D eigenvalue weighted by molar-refractivity contribution is 5.92. The summed E-state index contributed by atoms with van der Waals surface area (Å²) in [7, 11) is 3.24. The van der Waals surface area contributed by atoms with Crippen LogP contribution in [0.25, 0.3) is 0 Å². The molecular weight excluding hydrogens is 330 g/mol. The van der Waals surface area contributed by atoms with E-state index in [-0.39, 0.29) is 23.9 Å². The first kappa shape index (κ1) is 18.2. The van der Waals surface area contributed by atoms with Gasteiger partial charge in [-0.05, 0) is 55.7 Å². The molecule has 1 aromatic carbocycles. The highest BCUT2D eigenvalue weighted by Gasteiger charge is 2.37. The quantitative estimate of drug-likeness (QED) is 0.846. The van der Waals surface area contributed by atoms with Crippen LogP contribution in [0.4, 0.5) is 0 Å². The molecule has 0 N–H and O–H groups in total. The van der Waals surface area contributed by atoms with Crippen LogP contribution in [0.15, 0.2) is 34.9 Å². The molecule has 6 heteroatoms. The maximum atomic E-state index is 12.7. The van der Waals surface area contributed by atoms with Crippen LogP contribution in [0.1, 0.15) is 35.5 Å². The van der Waals surface area contributed by atoms with Gasteiger partial charge in [-0.1, -0.05) is 0 Å².